The second-order valence-electron chi connectivity index (χ2n) is 5.06. The smallest absolute Gasteiger partial charge is 0.132 e. The molecule has 1 aromatic heterocycles. The Morgan fingerprint density at radius 1 is 1.21 bits per heavy atom. The fourth-order valence-corrected chi connectivity index (χ4v) is 1.93. The highest BCUT2D eigenvalue weighted by Crippen LogP contribution is 2.18. The molecule has 4 heteroatoms. The maximum absolute atomic E-state index is 5.79. The summed E-state index contributed by atoms with van der Waals surface area (Å²) in [6.45, 7) is 5.04. The number of rotatable bonds is 4. The van der Waals surface area contributed by atoms with Crippen molar-refractivity contribution in [2.75, 3.05) is 17.7 Å². The lowest BCUT2D eigenvalue weighted by atomic mass is 10.1. The summed E-state index contributed by atoms with van der Waals surface area (Å²) in [5.74, 6) is 1.34. The molecular formula is C15H20N4. The Morgan fingerprint density at radius 3 is 2.68 bits per heavy atom. The summed E-state index contributed by atoms with van der Waals surface area (Å²) >= 11 is 0. The Hall–Kier alpha value is -2.10. The number of nitrogens with zero attached hydrogens (tertiary/aromatic N) is 3. The number of nitrogen functional groups attached to an aromatic ring is 1. The largest absolute Gasteiger partial charge is 0.399 e. The molecule has 0 aliphatic heterocycles. The number of aromatic nitrogens is 2. The van der Waals surface area contributed by atoms with Crippen LogP contribution in [-0.4, -0.2) is 17.0 Å². The molecule has 0 amide bonds. The van der Waals surface area contributed by atoms with Crippen molar-refractivity contribution in [2.24, 2.45) is 0 Å². The fraction of sp³-hybridized carbons (Fsp3) is 0.333. The van der Waals surface area contributed by atoms with E-state index in [-0.39, 0.29) is 0 Å². The molecule has 2 N–H and O–H groups in total. The summed E-state index contributed by atoms with van der Waals surface area (Å²) in [7, 11) is 2.02. The average Bonchev–Trinajstić information content (AvgIpc) is 2.39. The van der Waals surface area contributed by atoms with E-state index in [9.17, 15) is 0 Å². The lowest BCUT2D eigenvalue weighted by Crippen LogP contribution is -2.18. The van der Waals surface area contributed by atoms with E-state index >= 15 is 0 Å². The van der Waals surface area contributed by atoms with Crippen LogP contribution in [0.25, 0.3) is 0 Å². The molecule has 0 saturated carbocycles. The Bertz CT molecular complexity index is 551. The summed E-state index contributed by atoms with van der Waals surface area (Å²) in [5, 5.41) is 0. The van der Waals surface area contributed by atoms with Gasteiger partial charge in [-0.05, 0) is 23.6 Å². The minimum absolute atomic E-state index is 0.405. The second kappa shape index (κ2) is 5.69. The topological polar surface area (TPSA) is 55.0 Å². The van der Waals surface area contributed by atoms with Crippen LogP contribution in [0.15, 0.2) is 36.7 Å². The molecule has 0 aliphatic rings. The van der Waals surface area contributed by atoms with Gasteiger partial charge in [0.05, 0.1) is 0 Å². The van der Waals surface area contributed by atoms with Crippen LogP contribution in [-0.2, 0) is 6.54 Å². The maximum atomic E-state index is 5.79. The van der Waals surface area contributed by atoms with Gasteiger partial charge in [0.15, 0.2) is 0 Å². The van der Waals surface area contributed by atoms with Crippen molar-refractivity contribution in [1.82, 2.24) is 9.97 Å². The van der Waals surface area contributed by atoms with E-state index in [1.54, 1.807) is 6.33 Å². The van der Waals surface area contributed by atoms with Crippen molar-refractivity contribution >= 4 is 11.5 Å². The minimum atomic E-state index is 0.405. The molecular weight excluding hydrogens is 236 g/mol. The van der Waals surface area contributed by atoms with Gasteiger partial charge in [-0.2, -0.15) is 0 Å². The Labute approximate surface area is 114 Å². The SMILES string of the molecule is CC(C)c1cc(N(C)Cc2cccc(N)c2)ncn1. The lowest BCUT2D eigenvalue weighted by Gasteiger charge is -2.19. The Kier molecular flexibility index (Phi) is 4.00. The zero-order valence-electron chi connectivity index (χ0n) is 11.7. The number of benzene rings is 1. The molecule has 4 nitrogen and oxygen atoms in total. The first-order chi connectivity index (χ1) is 9.06. The first-order valence-corrected chi connectivity index (χ1v) is 6.43. The van der Waals surface area contributed by atoms with Crippen molar-refractivity contribution in [3.05, 3.63) is 47.9 Å². The van der Waals surface area contributed by atoms with E-state index in [1.807, 2.05) is 31.3 Å². The number of hydrogen-bond donors (Lipinski definition) is 1. The molecule has 100 valence electrons. The molecule has 0 aliphatic carbocycles. The number of nitrogens with two attached hydrogens (primary N) is 1. The monoisotopic (exact) mass is 256 g/mol. The van der Waals surface area contributed by atoms with Crippen molar-refractivity contribution in [3.63, 3.8) is 0 Å². The average molecular weight is 256 g/mol. The highest BCUT2D eigenvalue weighted by atomic mass is 15.2. The molecule has 0 bridgehead atoms. The van der Waals surface area contributed by atoms with Gasteiger partial charge in [-0.25, -0.2) is 9.97 Å². The van der Waals surface area contributed by atoms with Gasteiger partial charge in [0.1, 0.15) is 12.1 Å². The van der Waals surface area contributed by atoms with Crippen LogP contribution in [0.3, 0.4) is 0 Å². The molecule has 19 heavy (non-hydrogen) atoms. The highest BCUT2D eigenvalue weighted by Gasteiger charge is 2.07. The van der Waals surface area contributed by atoms with E-state index in [4.69, 9.17) is 5.73 Å². The molecule has 0 fully saturated rings. The van der Waals surface area contributed by atoms with Crippen LogP contribution in [0, 0.1) is 0 Å². The number of hydrogen-bond acceptors (Lipinski definition) is 4. The standard InChI is InChI=1S/C15H20N4/c1-11(2)14-8-15(18-10-17-14)19(3)9-12-5-4-6-13(16)7-12/h4-8,10-11H,9,16H2,1-3H3. The second-order valence-corrected chi connectivity index (χ2v) is 5.06. The maximum Gasteiger partial charge on any atom is 0.132 e. The summed E-state index contributed by atoms with van der Waals surface area (Å²) in [5.41, 5.74) is 8.81. The van der Waals surface area contributed by atoms with Gasteiger partial charge in [0.25, 0.3) is 0 Å². The van der Waals surface area contributed by atoms with Crippen LogP contribution < -0.4 is 10.6 Å². The van der Waals surface area contributed by atoms with Crippen LogP contribution >= 0.6 is 0 Å². The van der Waals surface area contributed by atoms with E-state index in [2.05, 4.69) is 34.8 Å². The third kappa shape index (κ3) is 3.44. The normalized spacial score (nSPS) is 10.7. The highest BCUT2D eigenvalue weighted by molar-refractivity contribution is 5.44. The van der Waals surface area contributed by atoms with Gasteiger partial charge in [-0.1, -0.05) is 26.0 Å². The van der Waals surface area contributed by atoms with Gasteiger partial charge in [0.2, 0.25) is 0 Å². The van der Waals surface area contributed by atoms with Crippen molar-refractivity contribution in [2.45, 2.75) is 26.3 Å². The molecule has 2 rings (SSSR count). The van der Waals surface area contributed by atoms with Crippen molar-refractivity contribution in [3.8, 4) is 0 Å². The summed E-state index contributed by atoms with van der Waals surface area (Å²) < 4.78 is 0. The Morgan fingerprint density at radius 2 is 2.00 bits per heavy atom. The van der Waals surface area contributed by atoms with Crippen LogP contribution in [0.4, 0.5) is 11.5 Å². The third-order valence-electron chi connectivity index (χ3n) is 3.03. The fourth-order valence-electron chi connectivity index (χ4n) is 1.93. The lowest BCUT2D eigenvalue weighted by molar-refractivity contribution is 0.802. The predicted octanol–water partition coefficient (Wildman–Crippen LogP) is 2.82. The predicted molar refractivity (Wildman–Crippen MR) is 79.1 cm³/mol. The molecule has 0 spiro atoms. The van der Waals surface area contributed by atoms with E-state index in [1.165, 1.54) is 5.56 Å². The summed E-state index contributed by atoms with van der Waals surface area (Å²) in [6, 6.07) is 9.96. The van der Waals surface area contributed by atoms with Gasteiger partial charge in [-0.15, -0.1) is 0 Å². The molecule has 1 aromatic carbocycles. The third-order valence-corrected chi connectivity index (χ3v) is 3.03. The molecule has 0 unspecified atom stereocenters. The zero-order chi connectivity index (χ0) is 13.8. The molecule has 0 saturated heterocycles. The van der Waals surface area contributed by atoms with Crippen molar-refractivity contribution in [1.29, 1.82) is 0 Å². The van der Waals surface area contributed by atoms with E-state index < -0.39 is 0 Å². The van der Waals surface area contributed by atoms with E-state index in [0.29, 0.717) is 5.92 Å². The number of anilines is 2. The van der Waals surface area contributed by atoms with Crippen LogP contribution in [0.1, 0.15) is 31.0 Å². The minimum Gasteiger partial charge on any atom is -0.399 e. The first-order valence-electron chi connectivity index (χ1n) is 6.43. The quantitative estimate of drug-likeness (QED) is 0.855. The molecule has 1 heterocycles. The molecule has 0 atom stereocenters. The summed E-state index contributed by atoms with van der Waals surface area (Å²) in [4.78, 5) is 10.7. The van der Waals surface area contributed by atoms with Crippen LogP contribution in [0.5, 0.6) is 0 Å². The Balaban J connectivity index is 2.15. The van der Waals surface area contributed by atoms with E-state index in [0.717, 1.165) is 23.7 Å². The zero-order valence-corrected chi connectivity index (χ0v) is 11.7. The van der Waals surface area contributed by atoms with Gasteiger partial charge in [0, 0.05) is 31.0 Å². The van der Waals surface area contributed by atoms with Gasteiger partial charge >= 0.3 is 0 Å². The first kappa shape index (κ1) is 13.3. The van der Waals surface area contributed by atoms with Crippen molar-refractivity contribution < 1.29 is 0 Å². The van der Waals surface area contributed by atoms with Crippen LogP contribution in [0.2, 0.25) is 0 Å². The molecule has 2 aromatic rings. The molecule has 0 radical (unpaired) electrons. The van der Waals surface area contributed by atoms with Gasteiger partial charge < -0.3 is 10.6 Å². The van der Waals surface area contributed by atoms with Gasteiger partial charge in [-0.3, -0.25) is 0 Å². The summed E-state index contributed by atoms with van der Waals surface area (Å²) in [6.07, 6.45) is 1.63.